The van der Waals surface area contributed by atoms with Gasteiger partial charge < -0.3 is 0 Å². The maximum Gasteiger partial charge on any atom is 0.148 e. The maximum atomic E-state index is 4.17. The summed E-state index contributed by atoms with van der Waals surface area (Å²) in [5.41, 5.74) is 16.7. The standard InChI is InChI=1S/C8H10.2C7H9N.3C6H9N3.2C6H8N2.5C2H6/c1-7-4-3-5-8(2)6-7;1-6-3-4-8-7(2)5-6;1-6-4-3-5-7(2)8-6;3*1-4-5(2)8-9-6(3)7-4;1-5-3-8-6(2)4-7-5;1-5-3-4-6(2)8-7-5;5*1-2/h3-6H,1-2H3;2*3-5H,1-2H3;3*1-3H3;2*3-4H,1-2H3;5*1-2H3. The van der Waals surface area contributed by atoms with Crippen molar-refractivity contribution in [2.45, 2.75) is 201 Å². The van der Waals surface area contributed by atoms with Gasteiger partial charge in [-0.2, -0.15) is 25.5 Å². The molecule has 424 valence electrons. The Kier molecular flexibility index (Phi) is 51.9. The van der Waals surface area contributed by atoms with Crippen molar-refractivity contribution in [3.8, 4) is 0 Å². The van der Waals surface area contributed by atoms with Gasteiger partial charge in [-0.05, 0) is 174 Å². The molecule has 0 atom stereocenters. The number of aromatic nitrogens is 15. The van der Waals surface area contributed by atoms with Gasteiger partial charge in [-0.1, -0.05) is 111 Å². The van der Waals surface area contributed by atoms with Crippen LogP contribution in [-0.4, -0.2) is 75.7 Å². The van der Waals surface area contributed by atoms with E-state index >= 15 is 0 Å². The largest absolute Gasteiger partial charge is 0.262 e. The molecule has 8 rings (SSSR count). The van der Waals surface area contributed by atoms with Crippen molar-refractivity contribution >= 4 is 0 Å². The predicted molar refractivity (Wildman–Crippen MR) is 325 cm³/mol. The molecule has 0 spiro atoms. The molecule has 0 amide bonds. The summed E-state index contributed by atoms with van der Waals surface area (Å²) in [5, 5.41) is 30.6. The zero-order valence-corrected chi connectivity index (χ0v) is 53.3. The van der Waals surface area contributed by atoms with Gasteiger partial charge in [-0.3, -0.25) is 19.9 Å². The van der Waals surface area contributed by atoms with Crippen molar-refractivity contribution in [1.82, 2.24) is 75.7 Å². The molecule has 0 aliphatic carbocycles. The minimum atomic E-state index is 0.734. The second kappa shape index (κ2) is 50.8. The number of aryl methyl sites for hydroxylation is 19. The van der Waals surface area contributed by atoms with Crippen molar-refractivity contribution in [3.05, 3.63) is 194 Å². The van der Waals surface area contributed by atoms with E-state index in [9.17, 15) is 0 Å². The first-order chi connectivity index (χ1) is 36.5. The smallest absolute Gasteiger partial charge is 0.148 e. The minimum Gasteiger partial charge on any atom is -0.262 e. The van der Waals surface area contributed by atoms with E-state index in [4.69, 9.17) is 0 Å². The van der Waals surface area contributed by atoms with E-state index in [1.165, 1.54) is 16.7 Å². The number of pyridine rings is 2. The average Bonchev–Trinajstić information content (AvgIpc) is 3.41. The molecule has 0 saturated heterocycles. The third-order valence-corrected chi connectivity index (χ3v) is 8.69. The summed E-state index contributed by atoms with van der Waals surface area (Å²) in [7, 11) is 0. The fourth-order valence-electron chi connectivity index (χ4n) is 4.79. The van der Waals surface area contributed by atoms with Crippen LogP contribution < -0.4 is 0 Å². The summed E-state index contributed by atoms with van der Waals surface area (Å²) >= 11 is 0. The molecule has 0 fully saturated rings. The fourth-order valence-corrected chi connectivity index (χ4v) is 4.79. The molecule has 8 aromatic rings. The number of rotatable bonds is 0. The quantitative estimate of drug-likeness (QED) is 0.139. The second-order valence-corrected chi connectivity index (χ2v) is 15.8. The molecule has 0 unspecified atom stereocenters. The van der Waals surface area contributed by atoms with Gasteiger partial charge in [0.25, 0.3) is 0 Å². The molecule has 15 nitrogen and oxygen atoms in total. The van der Waals surface area contributed by atoms with E-state index in [0.29, 0.717) is 0 Å². The maximum absolute atomic E-state index is 4.17. The number of hydrogen-bond donors (Lipinski definition) is 0. The first-order valence-corrected chi connectivity index (χ1v) is 26.8. The van der Waals surface area contributed by atoms with Gasteiger partial charge in [0.1, 0.15) is 17.5 Å². The van der Waals surface area contributed by atoms with Crippen LogP contribution in [0.25, 0.3) is 0 Å². The molecular weight excluding hydrogens is 955 g/mol. The Balaban J connectivity index is -0.000000250. The van der Waals surface area contributed by atoms with E-state index < -0.39 is 0 Å². The van der Waals surface area contributed by atoms with Crippen LogP contribution in [0.15, 0.2) is 85.3 Å². The lowest BCUT2D eigenvalue weighted by atomic mass is 10.2. The van der Waals surface area contributed by atoms with Crippen LogP contribution in [0.1, 0.15) is 177 Å². The van der Waals surface area contributed by atoms with E-state index in [1.54, 1.807) is 12.4 Å². The molecule has 1 aromatic carbocycles. The molecule has 0 saturated carbocycles. The highest BCUT2D eigenvalue weighted by Gasteiger charge is 1.96. The van der Waals surface area contributed by atoms with E-state index in [0.717, 1.165) is 91.5 Å². The summed E-state index contributed by atoms with van der Waals surface area (Å²) in [6, 6.07) is 22.4. The highest BCUT2D eigenvalue weighted by Crippen LogP contribution is 2.01. The lowest BCUT2D eigenvalue weighted by Gasteiger charge is -1.94. The van der Waals surface area contributed by atoms with E-state index in [1.807, 2.05) is 223 Å². The third kappa shape index (κ3) is 45.8. The van der Waals surface area contributed by atoms with Crippen LogP contribution >= 0.6 is 0 Å². The SMILES string of the molecule is CC.CC.CC.CC.CC.Cc1ccc(C)nn1.Cc1cccc(C)c1.Cc1cccc(C)n1.Cc1ccnc(C)c1.Cc1cnc(C)cn1.Cc1nnc(C)c(C)n1.Cc1nnc(C)c(C)n1.Cc1nnc(C)c(C)n1. The Bertz CT molecular complexity index is 2280. The molecule has 0 aliphatic heterocycles. The van der Waals surface area contributed by atoms with Gasteiger partial charge in [-0.25, -0.2) is 15.0 Å². The Morgan fingerprint density at radius 1 is 0.234 bits per heavy atom. The van der Waals surface area contributed by atoms with Gasteiger partial charge in [0.2, 0.25) is 0 Å². The lowest BCUT2D eigenvalue weighted by Crippen LogP contribution is -1.97. The highest BCUT2D eigenvalue weighted by molar-refractivity contribution is 5.20. The van der Waals surface area contributed by atoms with Crippen molar-refractivity contribution in [2.75, 3.05) is 0 Å². The molecule has 0 aliphatic rings. The van der Waals surface area contributed by atoms with Gasteiger partial charge in [0.05, 0.1) is 56.9 Å². The van der Waals surface area contributed by atoms with Crippen molar-refractivity contribution in [3.63, 3.8) is 0 Å². The van der Waals surface area contributed by atoms with Gasteiger partial charge >= 0.3 is 0 Å². The van der Waals surface area contributed by atoms with E-state index in [-0.39, 0.29) is 0 Å². The Hall–Kier alpha value is -7.29. The first kappa shape index (κ1) is 78.6. The molecule has 7 heterocycles. The minimum absolute atomic E-state index is 0.734. The molecule has 0 bridgehead atoms. The highest BCUT2D eigenvalue weighted by atomic mass is 15.2. The summed E-state index contributed by atoms with van der Waals surface area (Å²) in [6.45, 7) is 56.9. The summed E-state index contributed by atoms with van der Waals surface area (Å²) in [6.07, 6.45) is 5.34. The molecular formula is C62H101N15. The van der Waals surface area contributed by atoms with Gasteiger partial charge in [0, 0.05) is 35.7 Å². The first-order valence-electron chi connectivity index (χ1n) is 26.8. The van der Waals surface area contributed by atoms with Gasteiger partial charge in [0.15, 0.2) is 0 Å². The predicted octanol–water partition coefficient (Wildman–Crippen LogP) is 15.4. The zero-order chi connectivity index (χ0) is 60.5. The van der Waals surface area contributed by atoms with Crippen LogP contribution in [0.2, 0.25) is 0 Å². The average molecular weight is 1060 g/mol. The monoisotopic (exact) mass is 1060 g/mol. The number of benzene rings is 1. The van der Waals surface area contributed by atoms with Crippen LogP contribution in [0.3, 0.4) is 0 Å². The Labute approximate surface area is 468 Å². The third-order valence-electron chi connectivity index (χ3n) is 8.69. The van der Waals surface area contributed by atoms with E-state index in [2.05, 4.69) is 127 Å². The van der Waals surface area contributed by atoms with Crippen molar-refractivity contribution in [1.29, 1.82) is 0 Å². The molecule has 7 aromatic heterocycles. The van der Waals surface area contributed by atoms with Crippen LogP contribution in [0.4, 0.5) is 0 Å². The molecule has 77 heavy (non-hydrogen) atoms. The normalized spacial score (nSPS) is 8.58. The van der Waals surface area contributed by atoms with Gasteiger partial charge in [-0.15, -0.1) is 15.3 Å². The topological polar surface area (TPSA) is 193 Å². The molecule has 0 radical (unpaired) electrons. The Morgan fingerprint density at radius 3 is 0.740 bits per heavy atom. The number of hydrogen-bond acceptors (Lipinski definition) is 15. The summed E-state index contributed by atoms with van der Waals surface area (Å²) in [5.74, 6) is 2.20. The van der Waals surface area contributed by atoms with Crippen LogP contribution in [0, 0.1) is 132 Å². The molecule has 0 N–H and O–H groups in total. The second-order valence-electron chi connectivity index (χ2n) is 15.8. The van der Waals surface area contributed by atoms with Crippen molar-refractivity contribution in [2.24, 2.45) is 0 Å². The van der Waals surface area contributed by atoms with Crippen LogP contribution in [0.5, 0.6) is 0 Å². The summed E-state index contributed by atoms with van der Waals surface area (Å²) < 4.78 is 0. The zero-order valence-electron chi connectivity index (χ0n) is 53.3. The number of nitrogens with zero attached hydrogens (tertiary/aromatic N) is 15. The Morgan fingerprint density at radius 2 is 0.545 bits per heavy atom. The van der Waals surface area contributed by atoms with Crippen LogP contribution in [-0.2, 0) is 0 Å². The fraction of sp³-hybridized carbons (Fsp3) is 0.468. The summed E-state index contributed by atoms with van der Waals surface area (Å²) in [4.78, 5) is 28.5. The lowest BCUT2D eigenvalue weighted by molar-refractivity contribution is 0.848. The van der Waals surface area contributed by atoms with Crippen molar-refractivity contribution < 1.29 is 0 Å². The molecule has 15 heteroatoms.